The van der Waals surface area contributed by atoms with Gasteiger partial charge in [-0.3, -0.25) is 4.79 Å². The van der Waals surface area contributed by atoms with Crippen LogP contribution in [0, 0.1) is 11.7 Å². The van der Waals surface area contributed by atoms with Gasteiger partial charge in [-0.2, -0.15) is 0 Å². The zero-order valence-corrected chi connectivity index (χ0v) is 14.2. The highest BCUT2D eigenvalue weighted by Crippen LogP contribution is 2.16. The second-order valence-corrected chi connectivity index (χ2v) is 6.06. The molecule has 0 spiro atoms. The van der Waals surface area contributed by atoms with Gasteiger partial charge in [0, 0.05) is 22.7 Å². The number of nitrogens with one attached hydrogen (secondary N) is 1. The first kappa shape index (κ1) is 18.4. The van der Waals surface area contributed by atoms with Crippen molar-refractivity contribution in [2.45, 2.75) is 20.3 Å². The highest BCUT2D eigenvalue weighted by atomic mass is 79.9. The van der Waals surface area contributed by atoms with Crippen LogP contribution >= 0.6 is 15.9 Å². The molecule has 0 aromatic heterocycles. The van der Waals surface area contributed by atoms with Crippen molar-refractivity contribution in [3.8, 4) is 0 Å². The van der Waals surface area contributed by atoms with Crippen LogP contribution in [0.25, 0.3) is 6.08 Å². The summed E-state index contributed by atoms with van der Waals surface area (Å²) in [4.78, 5) is 22.9. The lowest BCUT2D eigenvalue weighted by molar-refractivity contribution is -0.143. The number of halogens is 2. The summed E-state index contributed by atoms with van der Waals surface area (Å²) in [7, 11) is 0. The van der Waals surface area contributed by atoms with Crippen LogP contribution in [0.3, 0.4) is 0 Å². The van der Waals surface area contributed by atoms with Crippen LogP contribution in [0.15, 0.2) is 28.7 Å². The molecule has 0 fully saturated rings. The van der Waals surface area contributed by atoms with Crippen LogP contribution in [0.5, 0.6) is 0 Å². The van der Waals surface area contributed by atoms with E-state index < -0.39 is 11.8 Å². The maximum Gasteiger partial charge on any atom is 0.331 e. The smallest absolute Gasteiger partial charge is 0.331 e. The van der Waals surface area contributed by atoms with E-state index in [9.17, 15) is 14.0 Å². The quantitative estimate of drug-likeness (QED) is 0.590. The number of rotatable bonds is 7. The van der Waals surface area contributed by atoms with Gasteiger partial charge in [0.2, 0.25) is 0 Å². The van der Waals surface area contributed by atoms with Crippen molar-refractivity contribution < 1.29 is 18.7 Å². The molecule has 1 aromatic carbocycles. The summed E-state index contributed by atoms with van der Waals surface area (Å²) in [6, 6.07) is 4.39. The number of carbonyl (C=O) groups excluding carboxylic acids is 2. The summed E-state index contributed by atoms with van der Waals surface area (Å²) in [5.41, 5.74) is 0.257. The van der Waals surface area contributed by atoms with Crippen LogP contribution < -0.4 is 5.32 Å². The molecule has 0 aliphatic rings. The zero-order valence-electron chi connectivity index (χ0n) is 12.6. The Morgan fingerprint density at radius 2 is 2.14 bits per heavy atom. The van der Waals surface area contributed by atoms with Gasteiger partial charge in [0.1, 0.15) is 5.82 Å². The standard InChI is InChI=1S/C16H19BrFNO3/c1-11(2)7-8-19-15(20)10-22-16(21)6-3-12-9-13(17)4-5-14(12)18/h3-6,9,11H,7-8,10H2,1-2H3,(H,19,20)/b6-3+. The molecule has 0 aliphatic carbocycles. The van der Waals surface area contributed by atoms with Crippen molar-refractivity contribution in [3.63, 3.8) is 0 Å². The second kappa shape index (κ2) is 9.35. The third kappa shape index (κ3) is 7.36. The molecular formula is C16H19BrFNO3. The van der Waals surface area contributed by atoms with Crippen molar-refractivity contribution >= 4 is 33.9 Å². The molecule has 6 heteroatoms. The average molecular weight is 372 g/mol. The predicted molar refractivity (Wildman–Crippen MR) is 86.6 cm³/mol. The molecule has 0 atom stereocenters. The van der Waals surface area contributed by atoms with Gasteiger partial charge in [-0.25, -0.2) is 9.18 Å². The predicted octanol–water partition coefficient (Wildman–Crippen LogP) is 3.31. The van der Waals surface area contributed by atoms with Crippen LogP contribution in [-0.4, -0.2) is 25.0 Å². The van der Waals surface area contributed by atoms with E-state index >= 15 is 0 Å². The monoisotopic (exact) mass is 371 g/mol. The number of ether oxygens (including phenoxy) is 1. The number of esters is 1. The molecule has 1 amide bonds. The van der Waals surface area contributed by atoms with Gasteiger partial charge in [0.25, 0.3) is 5.91 Å². The van der Waals surface area contributed by atoms with Gasteiger partial charge in [-0.05, 0) is 36.6 Å². The third-order valence-electron chi connectivity index (χ3n) is 2.75. The van der Waals surface area contributed by atoms with Crippen LogP contribution in [0.1, 0.15) is 25.8 Å². The lowest BCUT2D eigenvalue weighted by atomic mass is 10.1. The molecule has 0 radical (unpaired) electrons. The average Bonchev–Trinajstić information content (AvgIpc) is 2.45. The minimum atomic E-state index is -0.696. The van der Waals surface area contributed by atoms with E-state index in [0.717, 1.165) is 12.5 Å². The van der Waals surface area contributed by atoms with E-state index in [1.807, 2.05) is 0 Å². The first-order chi connectivity index (χ1) is 10.4. The molecule has 22 heavy (non-hydrogen) atoms. The van der Waals surface area contributed by atoms with Gasteiger partial charge in [-0.15, -0.1) is 0 Å². The number of carbonyl (C=O) groups is 2. The van der Waals surface area contributed by atoms with E-state index in [-0.39, 0.29) is 18.1 Å². The van der Waals surface area contributed by atoms with Crippen LogP contribution in [-0.2, 0) is 14.3 Å². The summed E-state index contributed by atoms with van der Waals surface area (Å²) in [6.07, 6.45) is 3.26. The largest absolute Gasteiger partial charge is 0.452 e. The zero-order chi connectivity index (χ0) is 16.5. The van der Waals surface area contributed by atoms with Crippen LogP contribution in [0.2, 0.25) is 0 Å². The molecule has 0 unspecified atom stereocenters. The summed E-state index contributed by atoms with van der Waals surface area (Å²) in [5, 5.41) is 2.65. The Morgan fingerprint density at radius 1 is 1.41 bits per heavy atom. The summed E-state index contributed by atoms with van der Waals surface area (Å²) >= 11 is 3.22. The van der Waals surface area contributed by atoms with E-state index in [2.05, 4.69) is 35.1 Å². The molecule has 120 valence electrons. The summed E-state index contributed by atoms with van der Waals surface area (Å²) in [6.45, 7) is 4.31. The molecule has 0 aliphatic heterocycles. The van der Waals surface area contributed by atoms with Crippen molar-refractivity contribution in [3.05, 3.63) is 40.1 Å². The molecule has 0 bridgehead atoms. The van der Waals surface area contributed by atoms with E-state index in [1.165, 1.54) is 18.2 Å². The maximum absolute atomic E-state index is 13.5. The normalized spacial score (nSPS) is 11.0. The van der Waals surface area contributed by atoms with Crippen molar-refractivity contribution in [1.29, 1.82) is 0 Å². The van der Waals surface area contributed by atoms with Gasteiger partial charge >= 0.3 is 5.97 Å². The van der Waals surface area contributed by atoms with Crippen LogP contribution in [0.4, 0.5) is 4.39 Å². The molecular weight excluding hydrogens is 353 g/mol. The van der Waals surface area contributed by atoms with E-state index in [4.69, 9.17) is 4.74 Å². The molecule has 1 aromatic rings. The number of amides is 1. The number of benzene rings is 1. The van der Waals surface area contributed by atoms with Gasteiger partial charge in [0.05, 0.1) is 0 Å². The second-order valence-electron chi connectivity index (χ2n) is 5.14. The summed E-state index contributed by atoms with van der Waals surface area (Å²) < 4.78 is 18.9. The molecule has 1 N–H and O–H groups in total. The number of hydrogen-bond acceptors (Lipinski definition) is 3. The Morgan fingerprint density at radius 3 is 2.82 bits per heavy atom. The van der Waals surface area contributed by atoms with Gasteiger partial charge in [0.15, 0.2) is 6.61 Å². The minimum Gasteiger partial charge on any atom is -0.452 e. The third-order valence-corrected chi connectivity index (χ3v) is 3.24. The Labute approximate surface area is 137 Å². The van der Waals surface area contributed by atoms with E-state index in [1.54, 1.807) is 6.07 Å². The van der Waals surface area contributed by atoms with Crippen molar-refractivity contribution in [1.82, 2.24) is 5.32 Å². The summed E-state index contributed by atoms with van der Waals surface area (Å²) in [5.74, 6) is -1.00. The number of hydrogen-bond donors (Lipinski definition) is 1. The van der Waals surface area contributed by atoms with Gasteiger partial charge in [-0.1, -0.05) is 29.8 Å². The SMILES string of the molecule is CC(C)CCNC(=O)COC(=O)/C=C/c1cc(Br)ccc1F. The Kier molecular flexibility index (Phi) is 7.80. The Bertz CT molecular complexity index is 558. The molecule has 1 rings (SSSR count). The van der Waals surface area contributed by atoms with E-state index in [0.29, 0.717) is 16.9 Å². The lowest BCUT2D eigenvalue weighted by Gasteiger charge is -2.07. The Balaban J connectivity index is 2.38. The first-order valence-electron chi connectivity index (χ1n) is 6.95. The highest BCUT2D eigenvalue weighted by molar-refractivity contribution is 9.10. The van der Waals surface area contributed by atoms with Crippen molar-refractivity contribution in [2.75, 3.05) is 13.2 Å². The highest BCUT2D eigenvalue weighted by Gasteiger charge is 2.06. The fourth-order valence-electron chi connectivity index (χ4n) is 1.54. The first-order valence-corrected chi connectivity index (χ1v) is 7.74. The van der Waals surface area contributed by atoms with Gasteiger partial charge < -0.3 is 10.1 Å². The van der Waals surface area contributed by atoms with Crippen molar-refractivity contribution in [2.24, 2.45) is 5.92 Å². The minimum absolute atomic E-state index is 0.257. The lowest BCUT2D eigenvalue weighted by Crippen LogP contribution is -2.29. The topological polar surface area (TPSA) is 55.4 Å². The maximum atomic E-state index is 13.5. The Hall–Kier alpha value is -1.69. The fourth-order valence-corrected chi connectivity index (χ4v) is 1.92. The fraction of sp³-hybridized carbons (Fsp3) is 0.375. The molecule has 0 saturated heterocycles. The molecule has 0 heterocycles. The molecule has 0 saturated carbocycles. The molecule has 4 nitrogen and oxygen atoms in total.